The number of hydrogen-bond donors (Lipinski definition) is 1. The van der Waals surface area contributed by atoms with Gasteiger partial charge in [-0.2, -0.15) is 0 Å². The molecule has 2 aliphatic heterocycles. The van der Waals surface area contributed by atoms with Crippen LogP contribution in [0.4, 0.5) is 10.5 Å². The van der Waals surface area contributed by atoms with Crippen molar-refractivity contribution in [2.45, 2.75) is 13.3 Å². The summed E-state index contributed by atoms with van der Waals surface area (Å²) in [7, 11) is 0. The third-order valence-corrected chi connectivity index (χ3v) is 3.39. The van der Waals surface area contributed by atoms with Gasteiger partial charge in [0.25, 0.3) is 5.91 Å². The van der Waals surface area contributed by atoms with E-state index in [1.165, 1.54) is 0 Å². The number of amides is 3. The second-order valence-electron chi connectivity index (χ2n) is 5.10. The molecule has 0 unspecified atom stereocenters. The molecule has 1 N–H and O–H groups in total. The van der Waals surface area contributed by atoms with Gasteiger partial charge in [-0.1, -0.05) is 18.2 Å². The predicted molar refractivity (Wildman–Crippen MR) is 85.6 cm³/mol. The fourth-order valence-electron chi connectivity index (χ4n) is 2.34. The van der Waals surface area contributed by atoms with Crippen molar-refractivity contribution < 1.29 is 9.59 Å². The van der Waals surface area contributed by atoms with Gasteiger partial charge in [0.2, 0.25) is 0 Å². The molecule has 0 bridgehead atoms. The first kappa shape index (κ1) is 14.0. The quantitative estimate of drug-likeness (QED) is 0.673. The lowest BCUT2D eigenvalue weighted by Crippen LogP contribution is -2.30. The number of imide groups is 1. The number of nitrogens with one attached hydrogen (secondary N) is 1. The highest BCUT2D eigenvalue weighted by atomic mass is 16.2. The van der Waals surface area contributed by atoms with E-state index < -0.39 is 6.03 Å². The van der Waals surface area contributed by atoms with E-state index in [2.05, 4.69) is 10.3 Å². The van der Waals surface area contributed by atoms with E-state index >= 15 is 0 Å². The van der Waals surface area contributed by atoms with Crippen LogP contribution in [0.25, 0.3) is 0 Å². The number of benzene rings is 1. The molecule has 0 aromatic heterocycles. The molecule has 0 aliphatic carbocycles. The number of nitrogens with zero attached hydrogens (tertiary/aromatic N) is 2. The SMILES string of the molecule is Cc1cccc(N2C(=O)N/C(=C\C3=CC=NC=CC3)C2=O)c1. The van der Waals surface area contributed by atoms with Crippen LogP contribution in [0.1, 0.15) is 12.0 Å². The van der Waals surface area contributed by atoms with Gasteiger partial charge in [0, 0.05) is 12.4 Å². The molecule has 1 fully saturated rings. The van der Waals surface area contributed by atoms with E-state index in [1.807, 2.05) is 31.2 Å². The van der Waals surface area contributed by atoms with Gasteiger partial charge in [0.15, 0.2) is 0 Å². The molecule has 0 atom stereocenters. The second-order valence-corrected chi connectivity index (χ2v) is 5.10. The van der Waals surface area contributed by atoms with Crippen LogP contribution in [0.15, 0.2) is 65.0 Å². The summed E-state index contributed by atoms with van der Waals surface area (Å²) in [5, 5.41) is 2.63. The molecule has 1 saturated heterocycles. The Morgan fingerprint density at radius 3 is 3.00 bits per heavy atom. The van der Waals surface area contributed by atoms with E-state index in [4.69, 9.17) is 0 Å². The van der Waals surface area contributed by atoms with E-state index in [1.54, 1.807) is 30.6 Å². The van der Waals surface area contributed by atoms with Gasteiger partial charge in [-0.05, 0) is 48.8 Å². The average molecular weight is 293 g/mol. The van der Waals surface area contributed by atoms with Crippen LogP contribution in [0.5, 0.6) is 0 Å². The number of aryl methyl sites for hydroxylation is 1. The topological polar surface area (TPSA) is 61.8 Å². The van der Waals surface area contributed by atoms with Crippen LogP contribution in [-0.4, -0.2) is 18.2 Å². The average Bonchev–Trinajstić information content (AvgIpc) is 2.68. The third kappa shape index (κ3) is 2.74. The maximum atomic E-state index is 12.5. The van der Waals surface area contributed by atoms with Crippen LogP contribution in [0, 0.1) is 6.92 Å². The molecule has 5 heteroatoms. The van der Waals surface area contributed by atoms with Crippen molar-refractivity contribution in [2.75, 3.05) is 4.90 Å². The summed E-state index contributed by atoms with van der Waals surface area (Å²) in [5.74, 6) is -0.346. The van der Waals surface area contributed by atoms with Gasteiger partial charge >= 0.3 is 6.03 Å². The Balaban J connectivity index is 1.90. The van der Waals surface area contributed by atoms with Crippen molar-refractivity contribution in [1.82, 2.24) is 5.32 Å². The molecule has 110 valence electrons. The molecule has 0 spiro atoms. The van der Waals surface area contributed by atoms with Crippen molar-refractivity contribution in [3.63, 3.8) is 0 Å². The van der Waals surface area contributed by atoms with Crippen LogP contribution < -0.4 is 10.2 Å². The Bertz CT molecular complexity index is 757. The maximum absolute atomic E-state index is 12.5. The Hall–Kier alpha value is -2.95. The van der Waals surface area contributed by atoms with Gasteiger partial charge < -0.3 is 5.32 Å². The molecule has 3 rings (SSSR count). The van der Waals surface area contributed by atoms with Gasteiger partial charge in [0.05, 0.1) is 5.69 Å². The summed E-state index contributed by atoms with van der Waals surface area (Å²) in [6.45, 7) is 1.92. The first-order valence-electron chi connectivity index (χ1n) is 6.96. The number of urea groups is 1. The lowest BCUT2D eigenvalue weighted by atomic mass is 10.1. The molecule has 2 heterocycles. The third-order valence-electron chi connectivity index (χ3n) is 3.39. The summed E-state index contributed by atoms with van der Waals surface area (Å²) < 4.78 is 0. The van der Waals surface area contributed by atoms with E-state index in [9.17, 15) is 9.59 Å². The zero-order valence-electron chi connectivity index (χ0n) is 12.1. The molecule has 1 aromatic rings. The van der Waals surface area contributed by atoms with Crippen LogP contribution in [-0.2, 0) is 4.79 Å². The van der Waals surface area contributed by atoms with Crippen LogP contribution >= 0.6 is 0 Å². The molecule has 0 saturated carbocycles. The number of allylic oxidation sites excluding steroid dienone is 4. The minimum Gasteiger partial charge on any atom is -0.302 e. The number of hydrogen-bond acceptors (Lipinski definition) is 3. The van der Waals surface area contributed by atoms with Crippen LogP contribution in [0.2, 0.25) is 0 Å². The first-order chi connectivity index (χ1) is 10.6. The molecule has 22 heavy (non-hydrogen) atoms. The van der Waals surface area contributed by atoms with E-state index in [0.717, 1.165) is 16.0 Å². The smallest absolute Gasteiger partial charge is 0.302 e. The molecule has 1 aromatic carbocycles. The van der Waals surface area contributed by atoms with E-state index in [0.29, 0.717) is 12.1 Å². The highest BCUT2D eigenvalue weighted by Crippen LogP contribution is 2.23. The summed E-state index contributed by atoms with van der Waals surface area (Å²) >= 11 is 0. The van der Waals surface area contributed by atoms with Crippen LogP contribution in [0.3, 0.4) is 0 Å². The Morgan fingerprint density at radius 2 is 2.18 bits per heavy atom. The normalized spacial score (nSPS) is 19.4. The molecule has 5 nitrogen and oxygen atoms in total. The predicted octanol–water partition coefficient (Wildman–Crippen LogP) is 2.85. The first-order valence-corrected chi connectivity index (χ1v) is 6.96. The fraction of sp³-hybridized carbons (Fsp3) is 0.118. The van der Waals surface area contributed by atoms with Crippen molar-refractivity contribution in [3.05, 3.63) is 65.5 Å². The summed E-state index contributed by atoms with van der Waals surface area (Å²) in [6, 6.07) is 6.86. The minimum atomic E-state index is -0.430. The Kier molecular flexibility index (Phi) is 3.70. The highest BCUT2D eigenvalue weighted by molar-refractivity contribution is 6.27. The van der Waals surface area contributed by atoms with Crippen molar-refractivity contribution in [1.29, 1.82) is 0 Å². The molecular weight excluding hydrogens is 278 g/mol. The maximum Gasteiger partial charge on any atom is 0.333 e. The fourth-order valence-corrected chi connectivity index (χ4v) is 2.34. The van der Waals surface area contributed by atoms with Gasteiger partial charge in [-0.15, -0.1) is 0 Å². The number of carbonyl (C=O) groups is 2. The van der Waals surface area contributed by atoms with Crippen molar-refractivity contribution in [2.24, 2.45) is 4.99 Å². The number of anilines is 1. The van der Waals surface area contributed by atoms with Gasteiger partial charge in [0.1, 0.15) is 5.70 Å². The number of rotatable bonds is 2. The minimum absolute atomic E-state index is 0.279. The zero-order chi connectivity index (χ0) is 15.5. The summed E-state index contributed by atoms with van der Waals surface area (Å²) in [5.41, 5.74) is 2.75. The molecule has 0 radical (unpaired) electrons. The largest absolute Gasteiger partial charge is 0.333 e. The molecular formula is C17H15N3O2. The van der Waals surface area contributed by atoms with Crippen molar-refractivity contribution >= 4 is 23.8 Å². The second kappa shape index (κ2) is 5.81. The summed E-state index contributed by atoms with van der Waals surface area (Å²) in [6.07, 6.45) is 9.44. The van der Waals surface area contributed by atoms with Crippen molar-refractivity contribution in [3.8, 4) is 0 Å². The Morgan fingerprint density at radius 1 is 1.32 bits per heavy atom. The van der Waals surface area contributed by atoms with Gasteiger partial charge in [-0.3, -0.25) is 9.79 Å². The summed E-state index contributed by atoms with van der Waals surface area (Å²) in [4.78, 5) is 29.8. The number of aliphatic imine (C=N–C) groups is 1. The zero-order valence-corrected chi connectivity index (χ0v) is 12.1. The van der Waals surface area contributed by atoms with E-state index in [-0.39, 0.29) is 11.6 Å². The molecule has 3 amide bonds. The lowest BCUT2D eigenvalue weighted by Gasteiger charge is -2.12. The molecule has 2 aliphatic rings. The lowest BCUT2D eigenvalue weighted by molar-refractivity contribution is -0.113. The Labute approximate surface area is 128 Å². The monoisotopic (exact) mass is 293 g/mol. The standard InChI is InChI=1S/C17H15N3O2/c1-12-4-2-6-14(10-12)20-16(21)15(19-17(20)22)11-13-5-3-8-18-9-7-13/h2-4,6-11H,5H2,1H3,(H,19,22)/b15-11-. The van der Waals surface area contributed by atoms with Gasteiger partial charge in [-0.25, -0.2) is 9.69 Å². The highest BCUT2D eigenvalue weighted by Gasteiger charge is 2.34. The number of carbonyl (C=O) groups excluding carboxylic acids is 2.